The van der Waals surface area contributed by atoms with E-state index in [1.807, 2.05) is 0 Å². The molecular formula is C6H14N2O4S. The van der Waals surface area contributed by atoms with Crippen molar-refractivity contribution >= 4 is 16.0 Å². The number of carbonyl (C=O) groups excluding carboxylic acids is 1. The summed E-state index contributed by atoms with van der Waals surface area (Å²) in [7, 11) is -4.05. The zero-order valence-electron chi connectivity index (χ0n) is 7.60. The zero-order chi connectivity index (χ0) is 10.6. The lowest BCUT2D eigenvalue weighted by Crippen LogP contribution is -2.42. The smallest absolute Gasteiger partial charge is 0.266 e. The van der Waals surface area contributed by atoms with E-state index in [-0.39, 0.29) is 18.4 Å². The minimum absolute atomic E-state index is 0.199. The molecular weight excluding hydrogens is 196 g/mol. The topological polar surface area (TPSA) is 101 Å². The Morgan fingerprint density at radius 3 is 2.31 bits per heavy atom. The summed E-state index contributed by atoms with van der Waals surface area (Å²) < 4.78 is 28.9. The second kappa shape index (κ2) is 4.54. The van der Waals surface area contributed by atoms with Crippen LogP contribution in [0.3, 0.4) is 0 Å². The van der Waals surface area contributed by atoms with E-state index in [9.17, 15) is 13.2 Å². The van der Waals surface area contributed by atoms with Crippen LogP contribution in [-0.2, 0) is 14.9 Å². The van der Waals surface area contributed by atoms with Crippen molar-refractivity contribution in [2.24, 2.45) is 11.8 Å². The molecule has 0 saturated heterocycles. The maximum absolute atomic E-state index is 11.1. The number of hydrazine groups is 1. The molecule has 0 heterocycles. The maximum atomic E-state index is 11.1. The number of amides is 1. The molecule has 0 radical (unpaired) electrons. The fourth-order valence-corrected chi connectivity index (χ4v) is 1.08. The van der Waals surface area contributed by atoms with E-state index in [0.717, 1.165) is 5.01 Å². The van der Waals surface area contributed by atoms with Gasteiger partial charge in [-0.3, -0.25) is 14.4 Å². The molecule has 0 aromatic rings. The number of hydrogen-bond acceptors (Lipinski definition) is 4. The van der Waals surface area contributed by atoms with Gasteiger partial charge in [0.2, 0.25) is 5.91 Å². The first-order valence-corrected chi connectivity index (χ1v) is 5.36. The van der Waals surface area contributed by atoms with Gasteiger partial charge in [-0.1, -0.05) is 13.8 Å². The van der Waals surface area contributed by atoms with Crippen LogP contribution in [0.2, 0.25) is 0 Å². The molecule has 0 bridgehead atoms. The molecule has 0 aliphatic heterocycles. The van der Waals surface area contributed by atoms with Crippen LogP contribution in [0.1, 0.15) is 13.8 Å². The van der Waals surface area contributed by atoms with Crippen molar-refractivity contribution in [3.05, 3.63) is 0 Å². The lowest BCUT2D eigenvalue weighted by molar-refractivity contribution is -0.134. The van der Waals surface area contributed by atoms with Gasteiger partial charge >= 0.3 is 0 Å². The molecule has 3 N–H and O–H groups in total. The SMILES string of the molecule is CC(C)C(=O)N(N)CCS(=O)(=O)O. The van der Waals surface area contributed by atoms with Crippen molar-refractivity contribution in [3.63, 3.8) is 0 Å². The average molecular weight is 210 g/mol. The molecule has 7 heteroatoms. The first-order valence-electron chi connectivity index (χ1n) is 3.75. The minimum Gasteiger partial charge on any atom is -0.285 e. The Hall–Kier alpha value is -0.660. The minimum atomic E-state index is -4.05. The Bertz CT molecular complexity index is 272. The van der Waals surface area contributed by atoms with Crippen molar-refractivity contribution in [2.75, 3.05) is 12.3 Å². The van der Waals surface area contributed by atoms with Gasteiger partial charge in [-0.05, 0) is 0 Å². The van der Waals surface area contributed by atoms with E-state index < -0.39 is 15.9 Å². The third-order valence-corrected chi connectivity index (χ3v) is 2.07. The van der Waals surface area contributed by atoms with E-state index in [1.165, 1.54) is 0 Å². The summed E-state index contributed by atoms with van der Waals surface area (Å²) >= 11 is 0. The van der Waals surface area contributed by atoms with E-state index >= 15 is 0 Å². The van der Waals surface area contributed by atoms with Crippen molar-refractivity contribution in [2.45, 2.75) is 13.8 Å². The monoisotopic (exact) mass is 210 g/mol. The van der Waals surface area contributed by atoms with Crippen LogP contribution in [0.5, 0.6) is 0 Å². The molecule has 0 aliphatic carbocycles. The van der Waals surface area contributed by atoms with E-state index in [2.05, 4.69) is 0 Å². The van der Waals surface area contributed by atoms with Crippen LogP contribution in [0.25, 0.3) is 0 Å². The summed E-state index contributed by atoms with van der Waals surface area (Å²) in [4.78, 5) is 11.1. The summed E-state index contributed by atoms with van der Waals surface area (Å²) in [6.45, 7) is 3.10. The molecule has 0 spiro atoms. The maximum Gasteiger partial charge on any atom is 0.266 e. The highest BCUT2D eigenvalue weighted by molar-refractivity contribution is 7.85. The molecule has 78 valence electrons. The highest BCUT2D eigenvalue weighted by Crippen LogP contribution is 1.97. The van der Waals surface area contributed by atoms with Crippen LogP contribution in [-0.4, -0.2) is 36.2 Å². The molecule has 6 nitrogen and oxygen atoms in total. The van der Waals surface area contributed by atoms with Crippen molar-refractivity contribution in [3.8, 4) is 0 Å². The van der Waals surface area contributed by atoms with Gasteiger partial charge in [0.15, 0.2) is 0 Å². The first-order chi connectivity index (χ1) is 5.74. The number of carbonyl (C=O) groups is 1. The molecule has 0 aromatic carbocycles. The number of rotatable bonds is 4. The predicted octanol–water partition coefficient (Wildman–Crippen LogP) is -0.767. The number of nitrogens with two attached hydrogens (primary N) is 1. The van der Waals surface area contributed by atoms with Gasteiger partial charge in [-0.2, -0.15) is 8.42 Å². The Morgan fingerprint density at radius 2 is 2.00 bits per heavy atom. The van der Waals surface area contributed by atoms with Crippen LogP contribution in [0, 0.1) is 5.92 Å². The summed E-state index contributed by atoms with van der Waals surface area (Å²) in [6.07, 6.45) is 0. The van der Waals surface area contributed by atoms with Crippen LogP contribution >= 0.6 is 0 Å². The van der Waals surface area contributed by atoms with Gasteiger partial charge in [-0.25, -0.2) is 5.84 Å². The Morgan fingerprint density at radius 1 is 1.54 bits per heavy atom. The van der Waals surface area contributed by atoms with Gasteiger partial charge in [0.25, 0.3) is 10.1 Å². The summed E-state index contributed by atoms with van der Waals surface area (Å²) in [5, 5.41) is 0.790. The largest absolute Gasteiger partial charge is 0.285 e. The van der Waals surface area contributed by atoms with Gasteiger partial charge in [0, 0.05) is 5.92 Å². The molecule has 0 saturated carbocycles. The van der Waals surface area contributed by atoms with Gasteiger partial charge in [0.05, 0.1) is 12.3 Å². The zero-order valence-corrected chi connectivity index (χ0v) is 8.41. The predicted molar refractivity (Wildman–Crippen MR) is 47.2 cm³/mol. The number of nitrogens with zero attached hydrogens (tertiary/aromatic N) is 1. The number of hydrogen-bond donors (Lipinski definition) is 2. The lowest BCUT2D eigenvalue weighted by atomic mass is 10.2. The quantitative estimate of drug-likeness (QED) is 0.275. The summed E-state index contributed by atoms with van der Waals surface area (Å²) in [5.74, 6) is 4.05. The fourth-order valence-electron chi connectivity index (χ4n) is 0.656. The molecule has 1 amide bonds. The molecule has 0 unspecified atom stereocenters. The van der Waals surface area contributed by atoms with Crippen molar-refractivity contribution in [1.29, 1.82) is 0 Å². The molecule has 13 heavy (non-hydrogen) atoms. The van der Waals surface area contributed by atoms with Crippen LogP contribution < -0.4 is 5.84 Å². The van der Waals surface area contributed by atoms with Crippen molar-refractivity contribution < 1.29 is 17.8 Å². The van der Waals surface area contributed by atoms with Gasteiger partial charge in [-0.15, -0.1) is 0 Å². The lowest BCUT2D eigenvalue weighted by Gasteiger charge is -2.17. The molecule has 0 atom stereocenters. The van der Waals surface area contributed by atoms with Crippen molar-refractivity contribution in [1.82, 2.24) is 5.01 Å². The standard InChI is InChI=1S/C6H14N2O4S/c1-5(2)6(9)8(7)3-4-13(10,11)12/h5H,3-4,7H2,1-2H3,(H,10,11,12). The van der Waals surface area contributed by atoms with E-state index in [0.29, 0.717) is 0 Å². The van der Waals surface area contributed by atoms with Gasteiger partial charge in [0.1, 0.15) is 0 Å². The first kappa shape index (κ1) is 12.3. The Kier molecular flexibility index (Phi) is 4.31. The Balaban J connectivity index is 4.03. The highest BCUT2D eigenvalue weighted by atomic mass is 32.2. The summed E-state index contributed by atoms with van der Waals surface area (Å²) in [5.41, 5.74) is 0. The average Bonchev–Trinajstić information content (AvgIpc) is 1.97. The third kappa shape index (κ3) is 5.56. The van der Waals surface area contributed by atoms with Gasteiger partial charge < -0.3 is 0 Å². The summed E-state index contributed by atoms with van der Waals surface area (Å²) in [6, 6.07) is 0. The molecule has 0 fully saturated rings. The third-order valence-electron chi connectivity index (χ3n) is 1.37. The highest BCUT2D eigenvalue weighted by Gasteiger charge is 2.15. The van der Waals surface area contributed by atoms with Crippen LogP contribution in [0.4, 0.5) is 0 Å². The molecule has 0 rings (SSSR count). The van der Waals surface area contributed by atoms with E-state index in [1.54, 1.807) is 13.8 Å². The normalized spacial score (nSPS) is 11.8. The molecule has 0 aliphatic rings. The van der Waals surface area contributed by atoms with E-state index in [4.69, 9.17) is 10.4 Å². The van der Waals surface area contributed by atoms with Crippen LogP contribution in [0.15, 0.2) is 0 Å². The fraction of sp³-hybridized carbons (Fsp3) is 0.833. The Labute approximate surface area is 77.4 Å². The molecule has 0 aromatic heterocycles. The second-order valence-electron chi connectivity index (χ2n) is 2.97. The second-order valence-corrected chi connectivity index (χ2v) is 4.54.